The van der Waals surface area contributed by atoms with Crippen molar-refractivity contribution in [3.63, 3.8) is 0 Å². The Kier molecular flexibility index (Phi) is 5.42. The Morgan fingerprint density at radius 1 is 1.58 bits per heavy atom. The van der Waals surface area contributed by atoms with Gasteiger partial charge in [0.2, 0.25) is 5.88 Å². The molecule has 2 N–H and O–H groups in total. The number of ether oxygens (including phenoxy) is 1. The molecular formula is C13H19ClN2O3. The highest BCUT2D eigenvalue weighted by Crippen LogP contribution is 2.19. The zero-order valence-corrected chi connectivity index (χ0v) is 12.1. The number of rotatable bonds is 6. The lowest BCUT2D eigenvalue weighted by atomic mass is 9.91. The summed E-state index contributed by atoms with van der Waals surface area (Å²) in [6.07, 6.45) is 1.10. The normalized spacial score (nSPS) is 13.9. The molecule has 1 unspecified atom stereocenters. The zero-order chi connectivity index (χ0) is 14.5. The molecular weight excluding hydrogens is 268 g/mol. The summed E-state index contributed by atoms with van der Waals surface area (Å²) in [6.45, 7) is 6.09. The van der Waals surface area contributed by atoms with Gasteiger partial charge in [-0.1, -0.05) is 25.4 Å². The summed E-state index contributed by atoms with van der Waals surface area (Å²) >= 11 is 5.73. The van der Waals surface area contributed by atoms with Crippen LogP contribution >= 0.6 is 11.6 Å². The molecule has 0 aliphatic heterocycles. The van der Waals surface area contributed by atoms with Crippen LogP contribution in [-0.2, 0) is 0 Å². The van der Waals surface area contributed by atoms with E-state index in [1.54, 1.807) is 12.1 Å². The number of carbonyl (C=O) groups is 1. The Morgan fingerprint density at radius 3 is 2.74 bits per heavy atom. The number of nitrogens with zero attached hydrogens (tertiary/aromatic N) is 1. The number of pyridine rings is 1. The van der Waals surface area contributed by atoms with E-state index in [-0.39, 0.29) is 6.61 Å². The van der Waals surface area contributed by atoms with E-state index in [0.717, 1.165) is 0 Å². The van der Waals surface area contributed by atoms with E-state index in [1.807, 2.05) is 20.8 Å². The number of aromatic nitrogens is 1. The summed E-state index contributed by atoms with van der Waals surface area (Å²) < 4.78 is 5.53. The monoisotopic (exact) mass is 286 g/mol. The second kappa shape index (κ2) is 6.61. The largest absolute Gasteiger partial charge is 0.475 e. The molecule has 1 aromatic rings. The smallest absolute Gasteiger partial charge is 0.405 e. The van der Waals surface area contributed by atoms with Gasteiger partial charge in [0.1, 0.15) is 6.61 Å². The van der Waals surface area contributed by atoms with Crippen molar-refractivity contribution in [1.29, 1.82) is 0 Å². The minimum absolute atomic E-state index is 0.214. The van der Waals surface area contributed by atoms with E-state index in [0.29, 0.717) is 23.2 Å². The van der Waals surface area contributed by atoms with E-state index in [2.05, 4.69) is 10.3 Å². The number of hydrogen-bond acceptors (Lipinski definition) is 3. The molecule has 1 amide bonds. The molecule has 1 atom stereocenters. The highest BCUT2D eigenvalue weighted by Gasteiger charge is 2.28. The number of carboxylic acid groups (broad SMARTS) is 1. The first-order chi connectivity index (χ1) is 8.81. The summed E-state index contributed by atoms with van der Waals surface area (Å²) in [7, 11) is 0. The zero-order valence-electron chi connectivity index (χ0n) is 11.3. The fraction of sp³-hybridized carbons (Fsp3) is 0.538. The molecule has 0 saturated heterocycles. The molecule has 106 valence electrons. The first kappa shape index (κ1) is 15.6. The van der Waals surface area contributed by atoms with Gasteiger partial charge in [0, 0.05) is 12.3 Å². The Morgan fingerprint density at radius 2 is 2.26 bits per heavy atom. The van der Waals surface area contributed by atoms with Crippen LogP contribution in [0.25, 0.3) is 0 Å². The Labute approximate surface area is 117 Å². The van der Waals surface area contributed by atoms with Crippen molar-refractivity contribution in [3.8, 4) is 5.88 Å². The highest BCUT2D eigenvalue weighted by molar-refractivity contribution is 6.30. The minimum Gasteiger partial charge on any atom is -0.475 e. The molecule has 0 aliphatic rings. The molecule has 0 saturated carbocycles. The van der Waals surface area contributed by atoms with Gasteiger partial charge in [0.25, 0.3) is 0 Å². The maximum absolute atomic E-state index is 10.9. The standard InChI is InChI=1S/C13H19ClN2O3/c1-9(2)6-13(3,16-12(17)18)8-19-11-5-4-10(14)7-15-11/h4-5,7,9,16H,6,8H2,1-3H3,(H,17,18). The van der Waals surface area contributed by atoms with E-state index in [4.69, 9.17) is 21.4 Å². The van der Waals surface area contributed by atoms with Crippen molar-refractivity contribution in [2.75, 3.05) is 6.61 Å². The van der Waals surface area contributed by atoms with Crippen molar-refractivity contribution < 1.29 is 14.6 Å². The average Bonchev–Trinajstić information content (AvgIpc) is 2.26. The summed E-state index contributed by atoms with van der Waals surface area (Å²) in [6, 6.07) is 3.33. The fourth-order valence-corrected chi connectivity index (χ4v) is 2.10. The van der Waals surface area contributed by atoms with Crippen LogP contribution in [0.2, 0.25) is 5.02 Å². The van der Waals surface area contributed by atoms with E-state index >= 15 is 0 Å². The van der Waals surface area contributed by atoms with E-state index in [9.17, 15) is 4.79 Å². The number of nitrogens with one attached hydrogen (secondary N) is 1. The molecule has 0 radical (unpaired) electrons. The lowest BCUT2D eigenvalue weighted by molar-refractivity contribution is 0.141. The highest BCUT2D eigenvalue weighted by atomic mass is 35.5. The van der Waals surface area contributed by atoms with Crippen LogP contribution < -0.4 is 10.1 Å². The molecule has 5 nitrogen and oxygen atoms in total. The summed E-state index contributed by atoms with van der Waals surface area (Å²) in [5, 5.41) is 11.9. The van der Waals surface area contributed by atoms with Gasteiger partial charge < -0.3 is 15.2 Å². The third-order valence-electron chi connectivity index (χ3n) is 2.51. The third-order valence-corrected chi connectivity index (χ3v) is 2.73. The quantitative estimate of drug-likeness (QED) is 0.842. The third kappa shape index (κ3) is 5.79. The second-order valence-electron chi connectivity index (χ2n) is 5.19. The maximum Gasteiger partial charge on any atom is 0.405 e. The molecule has 0 spiro atoms. The van der Waals surface area contributed by atoms with Crippen molar-refractivity contribution in [1.82, 2.24) is 10.3 Å². The molecule has 1 aromatic heterocycles. The van der Waals surface area contributed by atoms with Crippen molar-refractivity contribution in [2.24, 2.45) is 5.92 Å². The molecule has 0 aromatic carbocycles. The van der Waals surface area contributed by atoms with Crippen molar-refractivity contribution >= 4 is 17.7 Å². The van der Waals surface area contributed by atoms with Crippen molar-refractivity contribution in [3.05, 3.63) is 23.4 Å². The van der Waals surface area contributed by atoms with Gasteiger partial charge in [0.05, 0.1) is 10.6 Å². The lowest BCUT2D eigenvalue weighted by Crippen LogP contribution is -2.50. The number of amides is 1. The number of hydrogen-bond donors (Lipinski definition) is 2. The SMILES string of the molecule is CC(C)CC(C)(COc1ccc(Cl)cn1)NC(=O)O. The molecule has 6 heteroatoms. The van der Waals surface area contributed by atoms with Crippen LogP contribution in [0.3, 0.4) is 0 Å². The summed E-state index contributed by atoms with van der Waals surface area (Å²) in [5.41, 5.74) is -0.651. The molecule has 1 rings (SSSR count). The Balaban J connectivity index is 2.66. The molecule has 1 heterocycles. The van der Waals surface area contributed by atoms with Gasteiger partial charge in [0.15, 0.2) is 0 Å². The van der Waals surface area contributed by atoms with Gasteiger partial charge >= 0.3 is 6.09 Å². The van der Waals surface area contributed by atoms with E-state index in [1.165, 1.54) is 6.20 Å². The fourth-order valence-electron chi connectivity index (χ4n) is 1.99. The first-order valence-electron chi connectivity index (χ1n) is 6.06. The molecule has 0 bridgehead atoms. The topological polar surface area (TPSA) is 71.5 Å². The molecule has 0 fully saturated rings. The molecule has 0 aliphatic carbocycles. The van der Waals surface area contributed by atoms with Crippen LogP contribution in [0.4, 0.5) is 4.79 Å². The summed E-state index contributed by atoms with van der Waals surface area (Å²) in [4.78, 5) is 14.9. The predicted octanol–water partition coefficient (Wildman–Crippen LogP) is 3.19. The Bertz CT molecular complexity index is 422. The van der Waals surface area contributed by atoms with Gasteiger partial charge in [-0.05, 0) is 25.3 Å². The second-order valence-corrected chi connectivity index (χ2v) is 5.63. The average molecular weight is 287 g/mol. The van der Waals surface area contributed by atoms with Gasteiger partial charge in [-0.25, -0.2) is 9.78 Å². The van der Waals surface area contributed by atoms with Gasteiger partial charge in [-0.3, -0.25) is 0 Å². The van der Waals surface area contributed by atoms with Crippen LogP contribution in [0, 0.1) is 5.92 Å². The van der Waals surface area contributed by atoms with Crippen LogP contribution in [0.1, 0.15) is 27.2 Å². The van der Waals surface area contributed by atoms with E-state index < -0.39 is 11.6 Å². The van der Waals surface area contributed by atoms with Crippen LogP contribution in [0.15, 0.2) is 18.3 Å². The minimum atomic E-state index is -1.06. The summed E-state index contributed by atoms with van der Waals surface area (Å²) in [5.74, 6) is 0.769. The van der Waals surface area contributed by atoms with Crippen LogP contribution in [0.5, 0.6) is 5.88 Å². The maximum atomic E-state index is 10.9. The lowest BCUT2D eigenvalue weighted by Gasteiger charge is -2.30. The predicted molar refractivity (Wildman–Crippen MR) is 73.8 cm³/mol. The first-order valence-corrected chi connectivity index (χ1v) is 6.44. The van der Waals surface area contributed by atoms with Crippen LogP contribution in [-0.4, -0.2) is 28.3 Å². The molecule has 19 heavy (non-hydrogen) atoms. The Hall–Kier alpha value is -1.49. The van der Waals surface area contributed by atoms with Gasteiger partial charge in [-0.2, -0.15) is 0 Å². The number of halogens is 1. The van der Waals surface area contributed by atoms with Gasteiger partial charge in [-0.15, -0.1) is 0 Å². The van der Waals surface area contributed by atoms with Crippen molar-refractivity contribution in [2.45, 2.75) is 32.7 Å².